The number of hydrogen-bond acceptors (Lipinski definition) is 1. The fraction of sp³-hybridized carbons (Fsp3) is 0.0612. The smallest absolute Gasteiger partial charge is 0.143 e. The van der Waals surface area contributed by atoms with Crippen LogP contribution in [-0.4, -0.2) is 4.57 Å². The van der Waals surface area contributed by atoms with Crippen molar-refractivity contribution in [2.45, 2.75) is 19.3 Å². The summed E-state index contributed by atoms with van der Waals surface area (Å²) in [5.41, 5.74) is 15.4. The Bertz CT molecular complexity index is 3040. The van der Waals surface area contributed by atoms with Gasteiger partial charge in [0.15, 0.2) is 0 Å². The standard InChI is InChI=1S/C49H33NO/c1-49(2)42-26-25-39-38-14-6-8-17-46(38)51-48(39)47(42)40-24-23-34(29-43(40)49)50-44-16-7-5-13-37(44)41-28-33(22-27-45(41)50)30-18-20-32(21-19-30)36-15-9-11-31-10-3-4-12-35(31)36/h3-29H,1-2H3. The van der Waals surface area contributed by atoms with E-state index in [0.29, 0.717) is 0 Å². The molecule has 2 aromatic heterocycles. The van der Waals surface area contributed by atoms with E-state index in [2.05, 4.69) is 176 Å². The second-order valence-electron chi connectivity index (χ2n) is 14.5. The molecule has 11 rings (SSSR count). The van der Waals surface area contributed by atoms with Crippen molar-refractivity contribution in [3.63, 3.8) is 0 Å². The Labute approximate surface area is 295 Å². The zero-order valence-electron chi connectivity index (χ0n) is 28.4. The summed E-state index contributed by atoms with van der Waals surface area (Å²) >= 11 is 0. The average molecular weight is 652 g/mol. The van der Waals surface area contributed by atoms with Crippen molar-refractivity contribution in [2.75, 3.05) is 0 Å². The first-order valence-electron chi connectivity index (χ1n) is 17.8. The van der Waals surface area contributed by atoms with E-state index in [4.69, 9.17) is 4.42 Å². The molecule has 0 unspecified atom stereocenters. The molecule has 1 aliphatic rings. The lowest BCUT2D eigenvalue weighted by molar-refractivity contribution is 0.653. The number of nitrogens with zero attached hydrogens (tertiary/aromatic N) is 1. The lowest BCUT2D eigenvalue weighted by Crippen LogP contribution is -2.15. The van der Waals surface area contributed by atoms with Crippen molar-refractivity contribution in [3.05, 3.63) is 175 Å². The van der Waals surface area contributed by atoms with E-state index in [1.807, 2.05) is 6.07 Å². The highest BCUT2D eigenvalue weighted by Crippen LogP contribution is 2.53. The Hall–Kier alpha value is -6.38. The first kappa shape index (κ1) is 28.5. The molecule has 0 saturated carbocycles. The van der Waals surface area contributed by atoms with Crippen LogP contribution in [0.25, 0.3) is 93.6 Å². The maximum Gasteiger partial charge on any atom is 0.143 e. The molecule has 0 aliphatic heterocycles. The molecule has 240 valence electrons. The van der Waals surface area contributed by atoms with Gasteiger partial charge >= 0.3 is 0 Å². The second-order valence-corrected chi connectivity index (χ2v) is 14.5. The Morgan fingerprint density at radius 2 is 1.16 bits per heavy atom. The molecule has 2 nitrogen and oxygen atoms in total. The van der Waals surface area contributed by atoms with Crippen LogP contribution in [0.15, 0.2) is 168 Å². The summed E-state index contributed by atoms with van der Waals surface area (Å²) in [7, 11) is 0. The second kappa shape index (κ2) is 10.3. The molecule has 2 heterocycles. The molecule has 0 bridgehead atoms. The first-order valence-corrected chi connectivity index (χ1v) is 17.8. The van der Waals surface area contributed by atoms with Gasteiger partial charge in [-0.2, -0.15) is 0 Å². The van der Waals surface area contributed by atoms with Gasteiger partial charge in [-0.25, -0.2) is 0 Å². The van der Waals surface area contributed by atoms with E-state index in [-0.39, 0.29) is 5.41 Å². The van der Waals surface area contributed by atoms with Crippen LogP contribution in [0.2, 0.25) is 0 Å². The number of para-hydroxylation sites is 2. The van der Waals surface area contributed by atoms with E-state index in [1.54, 1.807) is 0 Å². The molecule has 2 heteroatoms. The molecule has 10 aromatic rings. The van der Waals surface area contributed by atoms with Gasteiger partial charge in [-0.1, -0.05) is 141 Å². The van der Waals surface area contributed by atoms with Gasteiger partial charge in [0.2, 0.25) is 0 Å². The molecular weight excluding hydrogens is 619 g/mol. The van der Waals surface area contributed by atoms with E-state index >= 15 is 0 Å². The molecule has 0 amide bonds. The van der Waals surface area contributed by atoms with Crippen LogP contribution in [0.3, 0.4) is 0 Å². The molecule has 0 radical (unpaired) electrons. The number of fused-ring (bicyclic) bond motifs is 11. The summed E-state index contributed by atoms with van der Waals surface area (Å²) in [6.45, 7) is 4.69. The maximum atomic E-state index is 6.55. The van der Waals surface area contributed by atoms with Crippen molar-refractivity contribution in [1.29, 1.82) is 0 Å². The van der Waals surface area contributed by atoms with Gasteiger partial charge in [-0.15, -0.1) is 0 Å². The van der Waals surface area contributed by atoms with Crippen molar-refractivity contribution in [2.24, 2.45) is 0 Å². The van der Waals surface area contributed by atoms with Crippen molar-refractivity contribution < 1.29 is 4.42 Å². The van der Waals surface area contributed by atoms with Crippen molar-refractivity contribution in [1.82, 2.24) is 4.57 Å². The lowest BCUT2D eigenvalue weighted by atomic mass is 9.82. The Morgan fingerprint density at radius 1 is 0.451 bits per heavy atom. The fourth-order valence-electron chi connectivity index (χ4n) is 8.88. The van der Waals surface area contributed by atoms with E-state index < -0.39 is 0 Å². The molecule has 1 aliphatic carbocycles. The highest BCUT2D eigenvalue weighted by molar-refractivity contribution is 6.13. The largest absolute Gasteiger partial charge is 0.455 e. The normalized spacial score (nSPS) is 13.5. The van der Waals surface area contributed by atoms with Crippen LogP contribution in [0, 0.1) is 0 Å². The maximum absolute atomic E-state index is 6.55. The molecule has 0 saturated heterocycles. The SMILES string of the molecule is CC1(C)c2cc(-n3c4ccccc4c4cc(-c5ccc(-c6cccc7ccccc67)cc5)ccc43)ccc2-c2c1ccc1c2oc2ccccc21. The third-order valence-corrected chi connectivity index (χ3v) is 11.4. The molecule has 51 heavy (non-hydrogen) atoms. The minimum atomic E-state index is -0.169. The van der Waals surface area contributed by atoms with Gasteiger partial charge < -0.3 is 8.98 Å². The molecule has 0 fully saturated rings. The molecule has 0 atom stereocenters. The van der Waals surface area contributed by atoms with Crippen LogP contribution in [0.5, 0.6) is 0 Å². The van der Waals surface area contributed by atoms with Crippen molar-refractivity contribution in [3.8, 4) is 39.1 Å². The van der Waals surface area contributed by atoms with Gasteiger partial charge in [0.05, 0.1) is 11.0 Å². The molecule has 0 N–H and O–H groups in total. The number of rotatable bonds is 3. The average Bonchev–Trinajstić information content (AvgIpc) is 3.80. The number of benzene rings is 8. The highest BCUT2D eigenvalue weighted by Gasteiger charge is 2.38. The summed E-state index contributed by atoms with van der Waals surface area (Å²) in [6.07, 6.45) is 0. The van der Waals surface area contributed by atoms with Crippen LogP contribution < -0.4 is 0 Å². The van der Waals surface area contributed by atoms with Gasteiger partial charge in [-0.05, 0) is 86.1 Å². The van der Waals surface area contributed by atoms with Gasteiger partial charge in [0, 0.05) is 38.2 Å². The summed E-state index contributed by atoms with van der Waals surface area (Å²) in [5.74, 6) is 0. The Morgan fingerprint density at radius 3 is 2.04 bits per heavy atom. The number of hydrogen-bond donors (Lipinski definition) is 0. The molecule has 0 spiro atoms. The predicted molar refractivity (Wildman–Crippen MR) is 214 cm³/mol. The van der Waals surface area contributed by atoms with Gasteiger partial charge in [0.25, 0.3) is 0 Å². The minimum absolute atomic E-state index is 0.169. The third kappa shape index (κ3) is 3.99. The number of furan rings is 1. The Kier molecular flexibility index (Phi) is 5.76. The molecular formula is C49H33NO. The first-order chi connectivity index (χ1) is 25.0. The summed E-state index contributed by atoms with van der Waals surface area (Å²) in [4.78, 5) is 0. The monoisotopic (exact) mass is 651 g/mol. The zero-order valence-corrected chi connectivity index (χ0v) is 28.4. The lowest BCUT2D eigenvalue weighted by Gasteiger charge is -2.22. The topological polar surface area (TPSA) is 18.1 Å². The van der Waals surface area contributed by atoms with E-state index in [0.717, 1.165) is 11.2 Å². The number of aromatic nitrogens is 1. The van der Waals surface area contributed by atoms with Gasteiger partial charge in [0.1, 0.15) is 11.2 Å². The van der Waals surface area contributed by atoms with Crippen LogP contribution in [-0.2, 0) is 5.41 Å². The van der Waals surface area contributed by atoms with E-state index in [1.165, 1.54) is 93.5 Å². The highest BCUT2D eigenvalue weighted by atomic mass is 16.3. The summed E-state index contributed by atoms with van der Waals surface area (Å²) in [5, 5.41) is 7.41. The predicted octanol–water partition coefficient (Wildman–Crippen LogP) is 13.5. The van der Waals surface area contributed by atoms with E-state index in [9.17, 15) is 0 Å². The van der Waals surface area contributed by atoms with Crippen LogP contribution in [0.4, 0.5) is 0 Å². The van der Waals surface area contributed by atoms with Crippen molar-refractivity contribution >= 4 is 54.5 Å². The van der Waals surface area contributed by atoms with Crippen LogP contribution in [0.1, 0.15) is 25.0 Å². The fourth-order valence-corrected chi connectivity index (χ4v) is 8.88. The van der Waals surface area contributed by atoms with Gasteiger partial charge in [-0.3, -0.25) is 0 Å². The molecule has 8 aromatic carbocycles. The Balaban J connectivity index is 1.04. The summed E-state index contributed by atoms with van der Waals surface area (Å²) in [6, 6.07) is 59.9. The van der Waals surface area contributed by atoms with Crippen LogP contribution >= 0.6 is 0 Å². The quantitative estimate of drug-likeness (QED) is 0.186. The summed E-state index contributed by atoms with van der Waals surface area (Å²) < 4.78 is 8.99. The minimum Gasteiger partial charge on any atom is -0.455 e. The zero-order chi connectivity index (χ0) is 33.8. The third-order valence-electron chi connectivity index (χ3n) is 11.4.